The van der Waals surface area contributed by atoms with Gasteiger partial charge in [0.2, 0.25) is 5.78 Å². The monoisotopic (exact) mass is 290 g/mol. The van der Waals surface area contributed by atoms with Gasteiger partial charge in [0.15, 0.2) is 6.29 Å². The van der Waals surface area contributed by atoms with Crippen molar-refractivity contribution in [2.75, 3.05) is 5.88 Å². The number of carbonyl (C=O) groups is 2. The van der Waals surface area contributed by atoms with Crippen LogP contribution in [0.15, 0.2) is 30.5 Å². The first-order chi connectivity index (χ1) is 9.58. The molecule has 0 spiro atoms. The molecule has 2 aromatic rings. The number of aromatic nitrogens is 2. The molecule has 0 aromatic carbocycles. The van der Waals surface area contributed by atoms with Gasteiger partial charge in [0.1, 0.15) is 5.82 Å². The number of nitrogens with zero attached hydrogens (tertiary/aromatic N) is 2. The van der Waals surface area contributed by atoms with Gasteiger partial charge in [-0.1, -0.05) is 6.07 Å². The number of carbonyl (C=O) groups excluding carboxylic acids is 2. The lowest BCUT2D eigenvalue weighted by atomic mass is 9.99. The van der Waals surface area contributed by atoms with E-state index >= 15 is 0 Å². The predicted molar refractivity (Wildman–Crippen MR) is 77.6 cm³/mol. The second-order valence-electron chi connectivity index (χ2n) is 4.63. The third-order valence-corrected chi connectivity index (χ3v) is 3.60. The molecule has 2 aromatic heterocycles. The van der Waals surface area contributed by atoms with Crippen LogP contribution in [0.25, 0.3) is 5.82 Å². The zero-order valence-electron chi connectivity index (χ0n) is 11.3. The summed E-state index contributed by atoms with van der Waals surface area (Å²) in [4.78, 5) is 26.4. The topological polar surface area (TPSA) is 52.0 Å². The van der Waals surface area contributed by atoms with Crippen molar-refractivity contribution >= 4 is 23.7 Å². The van der Waals surface area contributed by atoms with Crippen molar-refractivity contribution in [3.8, 4) is 5.82 Å². The highest BCUT2D eigenvalue weighted by molar-refractivity contribution is 6.31. The average molecular weight is 291 g/mol. The molecule has 20 heavy (non-hydrogen) atoms. The summed E-state index contributed by atoms with van der Waals surface area (Å²) >= 11 is 5.75. The Morgan fingerprint density at radius 2 is 1.95 bits per heavy atom. The quantitative estimate of drug-likeness (QED) is 0.483. The number of halogens is 1. The van der Waals surface area contributed by atoms with E-state index in [1.807, 2.05) is 36.6 Å². The number of pyridine rings is 1. The summed E-state index contributed by atoms with van der Waals surface area (Å²) in [6, 6.07) is 7.65. The number of aldehydes is 1. The summed E-state index contributed by atoms with van der Waals surface area (Å²) < 4.78 is 2.01. The van der Waals surface area contributed by atoms with Gasteiger partial charge in [-0.15, -0.1) is 11.6 Å². The second-order valence-corrected chi connectivity index (χ2v) is 4.94. The molecule has 5 heteroatoms. The standard InChI is InChI=1S/C15H15ClN2O2/c1-10-3-4-11(2)18(10)15-6-5-12(8-17-15)13(7-16)14(20)9-19/h3-6,8-9,13H,7H2,1-2H3. The number of rotatable bonds is 5. The van der Waals surface area contributed by atoms with Gasteiger partial charge in [-0.2, -0.15) is 0 Å². The lowest BCUT2D eigenvalue weighted by Crippen LogP contribution is -2.15. The van der Waals surface area contributed by atoms with Crippen molar-refractivity contribution in [1.29, 1.82) is 0 Å². The van der Waals surface area contributed by atoms with Crippen LogP contribution in [-0.2, 0) is 9.59 Å². The maximum absolute atomic E-state index is 11.5. The van der Waals surface area contributed by atoms with Gasteiger partial charge in [0.05, 0.1) is 5.92 Å². The third kappa shape index (κ3) is 2.65. The largest absolute Gasteiger partial charge is 0.303 e. The van der Waals surface area contributed by atoms with Gasteiger partial charge in [-0.3, -0.25) is 9.59 Å². The molecular formula is C15H15ClN2O2. The predicted octanol–water partition coefficient (Wildman–Crippen LogP) is 2.58. The molecule has 104 valence electrons. The van der Waals surface area contributed by atoms with Gasteiger partial charge in [0, 0.05) is 23.5 Å². The first-order valence-electron chi connectivity index (χ1n) is 6.24. The molecule has 1 unspecified atom stereocenters. The lowest BCUT2D eigenvalue weighted by Gasteiger charge is -2.12. The first kappa shape index (κ1) is 14.5. The van der Waals surface area contributed by atoms with Crippen molar-refractivity contribution in [3.05, 3.63) is 47.4 Å². The van der Waals surface area contributed by atoms with E-state index in [4.69, 9.17) is 11.6 Å². The summed E-state index contributed by atoms with van der Waals surface area (Å²) in [6.07, 6.45) is 1.91. The van der Waals surface area contributed by atoms with Crippen molar-refractivity contribution in [3.63, 3.8) is 0 Å². The van der Waals surface area contributed by atoms with Crippen LogP contribution >= 0.6 is 11.6 Å². The molecule has 0 bridgehead atoms. The van der Waals surface area contributed by atoms with E-state index in [1.165, 1.54) is 0 Å². The van der Waals surface area contributed by atoms with Crippen LogP contribution < -0.4 is 0 Å². The number of hydrogen-bond donors (Lipinski definition) is 0. The Bertz CT molecular complexity index is 612. The van der Waals surface area contributed by atoms with Crippen molar-refractivity contribution in [1.82, 2.24) is 9.55 Å². The number of alkyl halides is 1. The zero-order valence-corrected chi connectivity index (χ0v) is 12.1. The van der Waals surface area contributed by atoms with Gasteiger partial charge >= 0.3 is 0 Å². The molecule has 0 fully saturated rings. The van der Waals surface area contributed by atoms with E-state index < -0.39 is 11.7 Å². The third-order valence-electron chi connectivity index (χ3n) is 3.29. The molecule has 0 aliphatic rings. The van der Waals surface area contributed by atoms with Crippen LogP contribution in [0.4, 0.5) is 0 Å². The highest BCUT2D eigenvalue weighted by Crippen LogP contribution is 2.20. The molecule has 0 N–H and O–H groups in total. The van der Waals surface area contributed by atoms with Crippen LogP contribution in [0.3, 0.4) is 0 Å². The minimum absolute atomic E-state index is 0.0696. The molecule has 0 saturated carbocycles. The maximum Gasteiger partial charge on any atom is 0.203 e. The summed E-state index contributed by atoms with van der Waals surface area (Å²) in [5, 5.41) is 0. The van der Waals surface area contributed by atoms with Crippen molar-refractivity contribution < 1.29 is 9.59 Å². The summed E-state index contributed by atoms with van der Waals surface area (Å²) in [6.45, 7) is 4.00. The number of aryl methyl sites for hydroxylation is 2. The summed E-state index contributed by atoms with van der Waals surface area (Å²) in [5.41, 5.74) is 2.82. The van der Waals surface area contributed by atoms with Gasteiger partial charge in [-0.05, 0) is 37.6 Å². The molecule has 0 radical (unpaired) electrons. The number of ketones is 1. The van der Waals surface area contributed by atoms with E-state index in [1.54, 1.807) is 12.3 Å². The molecule has 4 nitrogen and oxygen atoms in total. The Morgan fingerprint density at radius 3 is 2.40 bits per heavy atom. The van der Waals surface area contributed by atoms with Crippen molar-refractivity contribution in [2.24, 2.45) is 0 Å². The molecular weight excluding hydrogens is 276 g/mol. The Balaban J connectivity index is 2.35. The van der Waals surface area contributed by atoms with Crippen LogP contribution in [0.5, 0.6) is 0 Å². The van der Waals surface area contributed by atoms with Crippen LogP contribution in [0, 0.1) is 13.8 Å². The van der Waals surface area contributed by atoms with E-state index in [9.17, 15) is 9.59 Å². The Labute approximate surface area is 122 Å². The van der Waals surface area contributed by atoms with Gasteiger partial charge < -0.3 is 4.57 Å². The summed E-state index contributed by atoms with van der Waals surface area (Å²) in [7, 11) is 0. The van der Waals surface area contributed by atoms with E-state index in [-0.39, 0.29) is 5.88 Å². The molecule has 1 atom stereocenters. The zero-order chi connectivity index (χ0) is 14.7. The molecule has 0 aliphatic heterocycles. The fourth-order valence-corrected chi connectivity index (χ4v) is 2.51. The molecule has 2 heterocycles. The van der Waals surface area contributed by atoms with Crippen LogP contribution in [-0.4, -0.2) is 27.5 Å². The van der Waals surface area contributed by atoms with Crippen LogP contribution in [0.1, 0.15) is 22.9 Å². The number of Topliss-reactive ketones (excluding diaryl/α,β-unsaturated/α-hetero) is 1. The SMILES string of the molecule is Cc1ccc(C)n1-c1ccc(C(CCl)C(=O)C=O)cn1. The van der Waals surface area contributed by atoms with E-state index in [0.717, 1.165) is 17.2 Å². The van der Waals surface area contributed by atoms with Gasteiger partial charge in [0.25, 0.3) is 0 Å². The normalized spacial score (nSPS) is 12.2. The fourth-order valence-electron chi connectivity index (χ4n) is 2.18. The Morgan fingerprint density at radius 1 is 1.30 bits per heavy atom. The lowest BCUT2D eigenvalue weighted by molar-refractivity contribution is -0.130. The Hall–Kier alpha value is -1.94. The smallest absolute Gasteiger partial charge is 0.203 e. The van der Waals surface area contributed by atoms with E-state index in [2.05, 4.69) is 4.98 Å². The highest BCUT2D eigenvalue weighted by atomic mass is 35.5. The van der Waals surface area contributed by atoms with E-state index in [0.29, 0.717) is 11.8 Å². The minimum Gasteiger partial charge on any atom is -0.303 e. The molecule has 0 saturated heterocycles. The Kier molecular flexibility index (Phi) is 4.35. The average Bonchev–Trinajstić information content (AvgIpc) is 2.79. The highest BCUT2D eigenvalue weighted by Gasteiger charge is 2.19. The summed E-state index contributed by atoms with van der Waals surface area (Å²) in [5.74, 6) is -0.300. The maximum atomic E-state index is 11.5. The molecule has 2 rings (SSSR count). The first-order valence-corrected chi connectivity index (χ1v) is 6.78. The number of hydrogen-bond acceptors (Lipinski definition) is 3. The van der Waals surface area contributed by atoms with Crippen molar-refractivity contribution in [2.45, 2.75) is 19.8 Å². The fraction of sp³-hybridized carbons (Fsp3) is 0.267. The molecule has 0 aliphatic carbocycles. The minimum atomic E-state index is -0.623. The second kappa shape index (κ2) is 6.01. The molecule has 0 amide bonds. The van der Waals surface area contributed by atoms with Crippen LogP contribution in [0.2, 0.25) is 0 Å². The van der Waals surface area contributed by atoms with Gasteiger partial charge in [-0.25, -0.2) is 4.98 Å².